The van der Waals surface area contributed by atoms with E-state index in [2.05, 4.69) is 15.5 Å². The fraction of sp³-hybridized carbons (Fsp3) is 0.333. The van der Waals surface area contributed by atoms with Crippen LogP contribution in [0, 0.1) is 0 Å². The number of benzene rings is 4. The van der Waals surface area contributed by atoms with E-state index in [0.29, 0.717) is 69.9 Å². The molecule has 0 bridgehead atoms. The van der Waals surface area contributed by atoms with Crippen molar-refractivity contribution < 1.29 is 34.1 Å². The Morgan fingerprint density at radius 2 is 1.48 bits per heavy atom. The van der Waals surface area contributed by atoms with Gasteiger partial charge in [0.15, 0.2) is 0 Å². The summed E-state index contributed by atoms with van der Waals surface area (Å²) < 4.78 is 6.15. The highest BCUT2D eigenvalue weighted by molar-refractivity contribution is 6.18. The molecule has 2 saturated heterocycles. The van der Waals surface area contributed by atoms with Crippen LogP contribution < -0.4 is 15.4 Å². The molecule has 3 aliphatic rings. The Balaban J connectivity index is 0.860. The molecule has 3 aliphatic heterocycles. The number of amides is 4. The van der Waals surface area contributed by atoms with E-state index in [1.54, 1.807) is 35.2 Å². The van der Waals surface area contributed by atoms with Crippen LogP contribution in [0.4, 0.5) is 5.69 Å². The van der Waals surface area contributed by atoms with Gasteiger partial charge < -0.3 is 30.1 Å². The van der Waals surface area contributed by atoms with Gasteiger partial charge in [-0.3, -0.25) is 29.4 Å². The van der Waals surface area contributed by atoms with Crippen molar-refractivity contribution in [1.82, 2.24) is 20.0 Å². The average Bonchev–Trinajstić information content (AvgIpc) is 3.57. The molecule has 4 aromatic rings. The Morgan fingerprint density at radius 3 is 2.14 bits per heavy atom. The first-order valence-electron chi connectivity index (χ1n) is 19.8. The number of hydrogen-bond acceptors (Lipinski definition) is 9. The number of fused-ring (bicyclic) bond motifs is 1. The van der Waals surface area contributed by atoms with Crippen LogP contribution in [0.25, 0.3) is 11.1 Å². The summed E-state index contributed by atoms with van der Waals surface area (Å²) in [6.07, 6.45) is 2.18. The number of carbonyl (C=O) groups excluding carboxylic acids is 4. The van der Waals surface area contributed by atoms with Gasteiger partial charge in [0, 0.05) is 81.3 Å². The Morgan fingerprint density at radius 1 is 0.828 bits per heavy atom. The topological polar surface area (TPSA) is 152 Å². The van der Waals surface area contributed by atoms with Crippen LogP contribution in [0.2, 0.25) is 0 Å². The van der Waals surface area contributed by atoms with Crippen LogP contribution in [0.1, 0.15) is 64.7 Å². The van der Waals surface area contributed by atoms with Crippen LogP contribution in [-0.2, 0) is 20.9 Å². The number of carbonyl (C=O) groups is 4. The first-order valence-corrected chi connectivity index (χ1v) is 20.3. The largest absolute Gasteiger partial charge is 0.508 e. The number of imide groups is 1. The molecule has 0 radical (unpaired) electrons. The SMILES string of the molecule is O=C1CCC(N2Cc3c(NCCCC(=O)N4CCN(CCOc5ccc(C(=C(CCCl)c6ccc(O)cc6)c6ccc(O)cc6)cc5)CC4)cccc3C2=O)C(=O)N1. The Hall–Kier alpha value is -5.85. The van der Waals surface area contributed by atoms with Crippen molar-refractivity contribution in [3.8, 4) is 17.2 Å². The second-order valence-corrected chi connectivity index (χ2v) is 15.1. The van der Waals surface area contributed by atoms with Gasteiger partial charge >= 0.3 is 0 Å². The lowest BCUT2D eigenvalue weighted by Crippen LogP contribution is -2.52. The summed E-state index contributed by atoms with van der Waals surface area (Å²) in [7, 11) is 0. The van der Waals surface area contributed by atoms with Gasteiger partial charge in [-0.15, -0.1) is 11.6 Å². The molecule has 1 atom stereocenters. The predicted octanol–water partition coefficient (Wildman–Crippen LogP) is 5.86. The standard InChI is InChI=1S/C45H48ClN5O7/c46-21-20-36(30-6-12-33(52)13-7-30)43(31-8-14-34(53)15-9-31)32-10-16-35(17-11-32)58-28-27-49-23-25-50(26-24-49)42(55)5-2-22-47-39-4-1-3-37-38(39)29-51(45(37)57)40-18-19-41(54)48-44(40)56/h1,3-4,6-17,40,47,52-53H,2,5,18-29H2,(H,48,54,56). The average molecular weight is 806 g/mol. The quantitative estimate of drug-likeness (QED) is 0.0501. The third-order valence-corrected chi connectivity index (χ3v) is 11.2. The molecule has 0 aromatic heterocycles. The van der Waals surface area contributed by atoms with E-state index in [0.717, 1.165) is 64.5 Å². The first-order chi connectivity index (χ1) is 28.2. The molecule has 3 heterocycles. The molecule has 302 valence electrons. The van der Waals surface area contributed by atoms with Crippen molar-refractivity contribution in [2.24, 2.45) is 0 Å². The second kappa shape index (κ2) is 18.6. The molecule has 0 saturated carbocycles. The van der Waals surface area contributed by atoms with E-state index in [1.165, 1.54) is 0 Å². The lowest BCUT2D eigenvalue weighted by atomic mass is 9.88. The number of nitrogens with one attached hydrogen (secondary N) is 2. The number of anilines is 1. The molecule has 4 amide bonds. The number of ether oxygens (including phenoxy) is 1. The van der Waals surface area contributed by atoms with Crippen molar-refractivity contribution in [2.75, 3.05) is 57.1 Å². The van der Waals surface area contributed by atoms with Crippen molar-refractivity contribution in [3.63, 3.8) is 0 Å². The summed E-state index contributed by atoms with van der Waals surface area (Å²) in [6.45, 7) is 4.94. The summed E-state index contributed by atoms with van der Waals surface area (Å²) in [5, 5.41) is 25.6. The number of nitrogens with zero attached hydrogens (tertiary/aromatic N) is 3. The predicted molar refractivity (Wildman–Crippen MR) is 223 cm³/mol. The number of piperidine rings is 1. The number of hydrogen-bond donors (Lipinski definition) is 4. The molecular formula is C45H48ClN5O7. The van der Waals surface area contributed by atoms with E-state index < -0.39 is 11.9 Å². The summed E-state index contributed by atoms with van der Waals surface area (Å²) in [6, 6.07) is 27.0. The molecule has 1 unspecified atom stereocenters. The maximum absolute atomic E-state index is 13.1. The van der Waals surface area contributed by atoms with Crippen molar-refractivity contribution in [2.45, 2.75) is 44.7 Å². The Labute approximate surface area is 343 Å². The molecule has 4 aromatic carbocycles. The highest BCUT2D eigenvalue weighted by Crippen LogP contribution is 2.37. The van der Waals surface area contributed by atoms with E-state index in [9.17, 15) is 29.4 Å². The number of allylic oxidation sites excluding steroid dienone is 1. The van der Waals surface area contributed by atoms with Gasteiger partial charge in [0.1, 0.15) is 29.9 Å². The third kappa shape index (κ3) is 9.46. The fourth-order valence-electron chi connectivity index (χ4n) is 7.92. The van der Waals surface area contributed by atoms with E-state index in [1.807, 2.05) is 65.6 Å². The number of halogens is 1. The zero-order valence-electron chi connectivity index (χ0n) is 32.3. The van der Waals surface area contributed by atoms with Crippen molar-refractivity contribution >= 4 is 52.1 Å². The molecular weight excluding hydrogens is 758 g/mol. The van der Waals surface area contributed by atoms with Crippen LogP contribution >= 0.6 is 11.6 Å². The maximum atomic E-state index is 13.1. The van der Waals surface area contributed by atoms with Gasteiger partial charge in [-0.05, 0) is 95.6 Å². The Bertz CT molecular complexity index is 2150. The summed E-state index contributed by atoms with van der Waals surface area (Å²) in [5.74, 6) is 0.703. The molecule has 2 fully saturated rings. The van der Waals surface area contributed by atoms with E-state index >= 15 is 0 Å². The minimum absolute atomic E-state index is 0.121. The number of phenols is 2. The first kappa shape index (κ1) is 40.4. The van der Waals surface area contributed by atoms with Gasteiger partial charge in [-0.2, -0.15) is 0 Å². The van der Waals surface area contributed by atoms with Gasteiger partial charge in [0.2, 0.25) is 17.7 Å². The number of piperazine rings is 1. The number of rotatable bonds is 15. The monoisotopic (exact) mass is 805 g/mol. The number of alkyl halides is 1. The van der Waals surface area contributed by atoms with Gasteiger partial charge in [-0.25, -0.2) is 0 Å². The Kier molecular flexibility index (Phi) is 12.9. The zero-order chi connectivity index (χ0) is 40.6. The number of aromatic hydroxyl groups is 2. The summed E-state index contributed by atoms with van der Waals surface area (Å²) >= 11 is 6.29. The fourth-order valence-corrected chi connectivity index (χ4v) is 8.11. The van der Waals surface area contributed by atoms with Crippen LogP contribution in [0.5, 0.6) is 17.2 Å². The normalized spacial score (nSPS) is 17.5. The summed E-state index contributed by atoms with van der Waals surface area (Å²) in [4.78, 5) is 56.0. The molecule has 0 aliphatic carbocycles. The minimum Gasteiger partial charge on any atom is -0.508 e. The second-order valence-electron chi connectivity index (χ2n) is 14.7. The molecule has 4 N–H and O–H groups in total. The van der Waals surface area contributed by atoms with Crippen LogP contribution in [0.15, 0.2) is 91.0 Å². The number of phenolic OH excluding ortho intramolecular Hbond substituents is 2. The maximum Gasteiger partial charge on any atom is 0.255 e. The summed E-state index contributed by atoms with van der Waals surface area (Å²) in [5.41, 5.74) is 7.08. The lowest BCUT2D eigenvalue weighted by Gasteiger charge is -2.34. The zero-order valence-corrected chi connectivity index (χ0v) is 33.0. The smallest absolute Gasteiger partial charge is 0.255 e. The third-order valence-electron chi connectivity index (χ3n) is 11.0. The molecule has 13 heteroatoms. The highest BCUT2D eigenvalue weighted by atomic mass is 35.5. The van der Waals surface area contributed by atoms with E-state index in [4.69, 9.17) is 16.3 Å². The van der Waals surface area contributed by atoms with Crippen molar-refractivity contribution in [1.29, 1.82) is 0 Å². The molecule has 0 spiro atoms. The van der Waals surface area contributed by atoms with Crippen LogP contribution in [0.3, 0.4) is 0 Å². The minimum atomic E-state index is -0.663. The van der Waals surface area contributed by atoms with E-state index in [-0.39, 0.29) is 35.6 Å². The molecule has 7 rings (SSSR count). The van der Waals surface area contributed by atoms with Crippen molar-refractivity contribution in [3.05, 3.63) is 119 Å². The van der Waals surface area contributed by atoms with Gasteiger partial charge in [0.05, 0.1) is 0 Å². The molecule has 58 heavy (non-hydrogen) atoms. The van der Waals surface area contributed by atoms with Gasteiger partial charge in [-0.1, -0.05) is 42.5 Å². The lowest BCUT2D eigenvalue weighted by molar-refractivity contribution is -0.137. The highest BCUT2D eigenvalue weighted by Gasteiger charge is 2.39. The van der Waals surface area contributed by atoms with Gasteiger partial charge in [0.25, 0.3) is 5.91 Å². The van der Waals surface area contributed by atoms with Crippen LogP contribution in [-0.4, -0.2) is 106 Å². The molecule has 12 nitrogen and oxygen atoms in total.